The number of hydrogen-bond acceptors (Lipinski definition) is 4. The fourth-order valence-corrected chi connectivity index (χ4v) is 2.42. The third-order valence-electron chi connectivity index (χ3n) is 2.84. The molecule has 0 aromatic carbocycles. The average Bonchev–Trinajstić information content (AvgIpc) is 2.31. The van der Waals surface area contributed by atoms with Crippen LogP contribution in [0, 0.1) is 0 Å². The van der Waals surface area contributed by atoms with E-state index in [0.29, 0.717) is 6.42 Å². The number of hydrogen-bond donors (Lipinski definition) is 1. The quantitative estimate of drug-likeness (QED) is 0.542. The normalized spacial score (nSPS) is 11.2. The minimum absolute atomic E-state index is 0. The van der Waals surface area contributed by atoms with E-state index in [9.17, 15) is 12.9 Å². The molecule has 0 saturated carbocycles. The van der Waals surface area contributed by atoms with Crippen LogP contribution in [0.25, 0.3) is 0 Å². The van der Waals surface area contributed by atoms with E-state index in [1.807, 2.05) is 0 Å². The van der Waals surface area contributed by atoms with Gasteiger partial charge >= 0.3 is 0 Å². The SMILES string of the molecule is CCCCCCCCCCCCS(=O)(=O)OF.N. The maximum Gasteiger partial charge on any atom is 0.297 e. The number of halogens is 1. The topological polar surface area (TPSA) is 78.4 Å². The molecule has 4 nitrogen and oxygen atoms in total. The largest absolute Gasteiger partial charge is 0.344 e. The number of rotatable bonds is 12. The highest BCUT2D eigenvalue weighted by Gasteiger charge is 2.10. The van der Waals surface area contributed by atoms with Gasteiger partial charge in [-0.25, -0.2) is 0 Å². The Morgan fingerprint density at radius 1 is 0.833 bits per heavy atom. The van der Waals surface area contributed by atoms with Gasteiger partial charge in [-0.05, 0) is 10.9 Å². The van der Waals surface area contributed by atoms with Crippen molar-refractivity contribution in [3.05, 3.63) is 0 Å². The molecule has 0 fully saturated rings. The highest BCUT2D eigenvalue weighted by molar-refractivity contribution is 7.86. The predicted molar refractivity (Wildman–Crippen MR) is 72.8 cm³/mol. The second-order valence-electron chi connectivity index (χ2n) is 4.51. The summed E-state index contributed by atoms with van der Waals surface area (Å²) in [5, 5.41) is 0. The molecular formula is C12H28FNO3S. The Labute approximate surface area is 111 Å². The minimum Gasteiger partial charge on any atom is -0.344 e. The van der Waals surface area contributed by atoms with Gasteiger partial charge in [0.25, 0.3) is 10.1 Å². The molecular weight excluding hydrogens is 257 g/mol. The summed E-state index contributed by atoms with van der Waals surface area (Å²) in [6.45, 7) is 2.20. The predicted octanol–water partition coefficient (Wildman–Crippen LogP) is 4.30. The van der Waals surface area contributed by atoms with Crippen LogP contribution < -0.4 is 6.15 Å². The van der Waals surface area contributed by atoms with E-state index in [-0.39, 0.29) is 11.9 Å². The van der Waals surface area contributed by atoms with Crippen molar-refractivity contribution in [2.45, 2.75) is 71.1 Å². The first kappa shape index (κ1) is 20.1. The van der Waals surface area contributed by atoms with Crippen LogP contribution in [-0.2, 0) is 14.5 Å². The van der Waals surface area contributed by atoms with E-state index in [4.69, 9.17) is 0 Å². The van der Waals surface area contributed by atoms with Crippen molar-refractivity contribution < 1.29 is 17.3 Å². The van der Waals surface area contributed by atoms with Crippen LogP contribution in [-0.4, -0.2) is 14.2 Å². The molecule has 0 saturated heterocycles. The van der Waals surface area contributed by atoms with Crippen LogP contribution in [0.15, 0.2) is 0 Å². The van der Waals surface area contributed by atoms with Gasteiger partial charge in [-0.15, -0.1) is 0 Å². The standard InChI is InChI=1S/C12H25FO3S.H3N/c1-2-3-4-5-6-7-8-9-10-11-12-17(14,15)16-13;/h2-12H2,1H3;1H3. The lowest BCUT2D eigenvalue weighted by Crippen LogP contribution is -2.05. The molecule has 112 valence electrons. The average molecular weight is 285 g/mol. The first-order chi connectivity index (χ1) is 8.12. The van der Waals surface area contributed by atoms with E-state index in [2.05, 4.69) is 11.3 Å². The van der Waals surface area contributed by atoms with E-state index >= 15 is 0 Å². The van der Waals surface area contributed by atoms with E-state index < -0.39 is 10.1 Å². The van der Waals surface area contributed by atoms with Crippen LogP contribution >= 0.6 is 0 Å². The molecule has 3 N–H and O–H groups in total. The molecule has 0 aliphatic rings. The molecule has 0 bridgehead atoms. The Bertz CT molecular complexity index is 258. The molecule has 0 unspecified atom stereocenters. The lowest BCUT2D eigenvalue weighted by molar-refractivity contribution is 0.00288. The lowest BCUT2D eigenvalue weighted by atomic mass is 10.1. The van der Waals surface area contributed by atoms with Crippen molar-refractivity contribution in [2.75, 3.05) is 5.75 Å². The maximum absolute atomic E-state index is 11.5. The first-order valence-electron chi connectivity index (χ1n) is 6.65. The zero-order valence-electron chi connectivity index (χ0n) is 11.5. The lowest BCUT2D eigenvalue weighted by Gasteiger charge is -2.01. The van der Waals surface area contributed by atoms with Crippen LogP contribution in [0.4, 0.5) is 4.53 Å². The highest BCUT2D eigenvalue weighted by Crippen LogP contribution is 2.11. The van der Waals surface area contributed by atoms with Gasteiger partial charge < -0.3 is 6.15 Å². The smallest absolute Gasteiger partial charge is 0.297 e. The van der Waals surface area contributed by atoms with Crippen molar-refractivity contribution in [3.8, 4) is 0 Å². The molecule has 18 heavy (non-hydrogen) atoms. The molecule has 0 aromatic rings. The van der Waals surface area contributed by atoms with E-state index in [0.717, 1.165) is 19.3 Å². The fraction of sp³-hybridized carbons (Fsp3) is 1.00. The molecule has 0 aromatic heterocycles. The maximum atomic E-state index is 11.5. The third kappa shape index (κ3) is 13.9. The molecule has 0 heterocycles. The highest BCUT2D eigenvalue weighted by atomic mass is 32.2. The van der Waals surface area contributed by atoms with Crippen LogP contribution in [0.5, 0.6) is 0 Å². The van der Waals surface area contributed by atoms with Crippen molar-refractivity contribution in [2.24, 2.45) is 0 Å². The second kappa shape index (κ2) is 13.2. The molecule has 0 aliphatic heterocycles. The molecule has 0 spiro atoms. The zero-order valence-corrected chi connectivity index (χ0v) is 12.3. The first-order valence-corrected chi connectivity index (χ1v) is 8.23. The van der Waals surface area contributed by atoms with Gasteiger partial charge in [0.05, 0.1) is 5.75 Å². The van der Waals surface area contributed by atoms with Crippen molar-refractivity contribution in [1.29, 1.82) is 0 Å². The van der Waals surface area contributed by atoms with Crippen LogP contribution in [0.3, 0.4) is 0 Å². The Balaban J connectivity index is 0. The molecule has 6 heteroatoms. The van der Waals surface area contributed by atoms with E-state index in [1.165, 1.54) is 38.5 Å². The summed E-state index contributed by atoms with van der Waals surface area (Å²) >= 11 is 0. The summed E-state index contributed by atoms with van der Waals surface area (Å²) in [5.74, 6) is -0.208. The summed E-state index contributed by atoms with van der Waals surface area (Å²) in [7, 11) is -3.89. The van der Waals surface area contributed by atoms with Gasteiger partial charge in [-0.2, -0.15) is 8.42 Å². The Kier molecular flexibility index (Phi) is 14.8. The van der Waals surface area contributed by atoms with Gasteiger partial charge in [0.15, 0.2) is 0 Å². The van der Waals surface area contributed by atoms with Gasteiger partial charge in [-0.3, -0.25) is 0 Å². The van der Waals surface area contributed by atoms with Gasteiger partial charge in [0, 0.05) is 0 Å². The van der Waals surface area contributed by atoms with E-state index in [1.54, 1.807) is 0 Å². The number of unbranched alkanes of at least 4 members (excludes halogenated alkanes) is 9. The Hall–Kier alpha value is -0.200. The van der Waals surface area contributed by atoms with Crippen molar-refractivity contribution >= 4 is 10.1 Å². The minimum atomic E-state index is -3.89. The van der Waals surface area contributed by atoms with Gasteiger partial charge in [0.2, 0.25) is 0 Å². The van der Waals surface area contributed by atoms with Gasteiger partial charge in [-0.1, -0.05) is 69.1 Å². The summed E-state index contributed by atoms with van der Waals surface area (Å²) in [4.78, 5) is 0. The molecule has 0 radical (unpaired) electrons. The Morgan fingerprint density at radius 2 is 1.22 bits per heavy atom. The zero-order chi connectivity index (χ0) is 13.0. The van der Waals surface area contributed by atoms with Gasteiger partial charge in [0.1, 0.15) is 0 Å². The molecule has 0 amide bonds. The Morgan fingerprint density at radius 3 is 1.61 bits per heavy atom. The van der Waals surface area contributed by atoms with Crippen molar-refractivity contribution in [3.63, 3.8) is 0 Å². The van der Waals surface area contributed by atoms with Crippen LogP contribution in [0.1, 0.15) is 71.1 Å². The van der Waals surface area contributed by atoms with Crippen LogP contribution in [0.2, 0.25) is 0 Å². The second-order valence-corrected chi connectivity index (χ2v) is 6.16. The molecule has 0 rings (SSSR count). The summed E-state index contributed by atoms with van der Waals surface area (Å²) in [6.07, 6.45) is 11.2. The summed E-state index contributed by atoms with van der Waals surface area (Å²) < 4.78 is 35.6. The molecule has 0 aliphatic carbocycles. The summed E-state index contributed by atoms with van der Waals surface area (Å²) in [6, 6.07) is 0. The summed E-state index contributed by atoms with van der Waals surface area (Å²) in [5.41, 5.74) is 0. The monoisotopic (exact) mass is 285 g/mol. The molecule has 0 atom stereocenters. The third-order valence-corrected chi connectivity index (χ3v) is 3.82. The fourth-order valence-electron chi connectivity index (χ4n) is 1.80. The van der Waals surface area contributed by atoms with Crippen molar-refractivity contribution in [1.82, 2.24) is 6.15 Å².